The second kappa shape index (κ2) is 9.50. The van der Waals surface area contributed by atoms with Crippen molar-refractivity contribution in [3.8, 4) is 11.6 Å². The molecule has 7 nitrogen and oxygen atoms in total. The maximum atomic E-state index is 14.0. The third kappa shape index (κ3) is 4.12. The third-order valence-corrected chi connectivity index (χ3v) is 6.58. The first-order chi connectivity index (χ1) is 17.8. The van der Waals surface area contributed by atoms with Gasteiger partial charge in [0, 0.05) is 17.7 Å². The maximum Gasteiger partial charge on any atom is 0.331 e. The minimum atomic E-state index is -0.539. The summed E-state index contributed by atoms with van der Waals surface area (Å²) in [6.45, 7) is 7.82. The second-order valence-corrected chi connectivity index (χ2v) is 9.44. The van der Waals surface area contributed by atoms with Crippen LogP contribution < -0.4 is 14.6 Å². The van der Waals surface area contributed by atoms with Gasteiger partial charge in [0.2, 0.25) is 0 Å². The highest BCUT2D eigenvalue weighted by Gasteiger charge is 2.47. The number of hydrogen-bond acceptors (Lipinski definition) is 4. The first-order valence-corrected chi connectivity index (χ1v) is 12.4. The van der Waals surface area contributed by atoms with Crippen LogP contribution in [0.4, 0.5) is 5.69 Å². The Bertz CT molecular complexity index is 1520. The van der Waals surface area contributed by atoms with Gasteiger partial charge in [-0.1, -0.05) is 56.7 Å². The normalized spacial score (nSPS) is 13.8. The number of benzene rings is 2. The Kier molecular flexibility index (Phi) is 6.21. The highest BCUT2D eigenvalue weighted by molar-refractivity contribution is 6.53. The molecule has 37 heavy (non-hydrogen) atoms. The van der Waals surface area contributed by atoms with E-state index in [-0.39, 0.29) is 22.8 Å². The number of imide groups is 1. The van der Waals surface area contributed by atoms with Crippen molar-refractivity contribution in [2.75, 3.05) is 4.90 Å². The van der Waals surface area contributed by atoms with E-state index in [0.29, 0.717) is 17.1 Å². The van der Waals surface area contributed by atoms with Crippen molar-refractivity contribution >= 4 is 28.8 Å². The van der Waals surface area contributed by atoms with Crippen LogP contribution in [0.1, 0.15) is 49.1 Å². The Hall–Kier alpha value is -4.52. The van der Waals surface area contributed by atoms with Gasteiger partial charge >= 0.3 is 5.91 Å². The smallest absolute Gasteiger partial charge is 0.331 e. The van der Waals surface area contributed by atoms with Crippen LogP contribution in [-0.2, 0) is 16.0 Å². The summed E-state index contributed by atoms with van der Waals surface area (Å²) in [7, 11) is 0. The summed E-state index contributed by atoms with van der Waals surface area (Å²) in [5.41, 5.74) is 3.98. The minimum Gasteiger partial charge on any atom is -0.858 e. The number of para-hydroxylation sites is 1. The average Bonchev–Trinajstić information content (AvgIpc) is 3.38. The number of aromatic nitrogens is 3. The zero-order valence-electron chi connectivity index (χ0n) is 21.3. The molecule has 2 aromatic heterocycles. The highest BCUT2D eigenvalue weighted by atomic mass is 16.3. The lowest BCUT2D eigenvalue weighted by molar-refractivity contribution is -0.576. The Morgan fingerprint density at radius 2 is 1.54 bits per heavy atom. The molecule has 2 amide bonds. The fraction of sp³-hybridized carbons (Fsp3) is 0.200. The lowest BCUT2D eigenvalue weighted by atomic mass is 9.98. The van der Waals surface area contributed by atoms with E-state index in [1.165, 1.54) is 4.68 Å². The molecule has 2 aromatic carbocycles. The van der Waals surface area contributed by atoms with E-state index in [0.717, 1.165) is 22.4 Å². The largest absolute Gasteiger partial charge is 0.858 e. The number of pyridine rings is 1. The predicted octanol–water partition coefficient (Wildman–Crippen LogP) is 4.17. The van der Waals surface area contributed by atoms with Gasteiger partial charge in [-0.3, -0.25) is 9.59 Å². The molecular formula is C30H28N4O3. The molecule has 0 radical (unpaired) electrons. The van der Waals surface area contributed by atoms with Crippen LogP contribution in [0.25, 0.3) is 17.0 Å². The second-order valence-electron chi connectivity index (χ2n) is 9.44. The summed E-state index contributed by atoms with van der Waals surface area (Å²) in [6, 6.07) is 20.1. The van der Waals surface area contributed by atoms with Crippen LogP contribution in [0.3, 0.4) is 0 Å². The Morgan fingerprint density at radius 3 is 2.14 bits per heavy atom. The molecular weight excluding hydrogens is 464 g/mol. The average molecular weight is 493 g/mol. The van der Waals surface area contributed by atoms with Crippen LogP contribution in [-0.4, -0.2) is 21.6 Å². The number of nitrogens with zero attached hydrogens (tertiary/aromatic N) is 4. The van der Waals surface area contributed by atoms with Crippen LogP contribution in [0, 0.1) is 6.92 Å². The van der Waals surface area contributed by atoms with E-state index in [1.807, 2.05) is 70.2 Å². The summed E-state index contributed by atoms with van der Waals surface area (Å²) in [5, 5.41) is 18.5. The van der Waals surface area contributed by atoms with Crippen molar-refractivity contribution in [3.05, 3.63) is 102 Å². The lowest BCUT2D eigenvalue weighted by Crippen LogP contribution is -2.39. The van der Waals surface area contributed by atoms with Gasteiger partial charge in [-0.15, -0.1) is 0 Å². The van der Waals surface area contributed by atoms with Gasteiger partial charge < -0.3 is 5.11 Å². The van der Waals surface area contributed by atoms with Crippen molar-refractivity contribution < 1.29 is 19.3 Å². The van der Waals surface area contributed by atoms with Crippen molar-refractivity contribution in [2.45, 2.75) is 40.0 Å². The van der Waals surface area contributed by atoms with Gasteiger partial charge in [0.25, 0.3) is 11.6 Å². The number of carbonyl (C=O) groups is 2. The molecule has 1 aliphatic rings. The fourth-order valence-corrected chi connectivity index (χ4v) is 4.56. The standard InChI is InChI=1S/C30H28N4O3/c1-5-21-15-17-32(18-16-21)27-25(28(35)33(30(27)37)22-13-11-20(4)12-14-22)24-26(19(2)3)31-34(29(24)36)23-9-7-6-8-10-23/h6-19H,5H2,1-4H3. The number of aryl methyl sites for hydroxylation is 2. The molecule has 0 fully saturated rings. The van der Waals surface area contributed by atoms with Crippen molar-refractivity contribution in [1.29, 1.82) is 0 Å². The molecule has 1 aliphatic heterocycles. The first kappa shape index (κ1) is 24.2. The molecule has 0 saturated carbocycles. The molecule has 5 rings (SSSR count). The number of amides is 2. The van der Waals surface area contributed by atoms with Gasteiger partial charge in [0.1, 0.15) is 5.57 Å². The topological polar surface area (TPSA) is 82.1 Å². The molecule has 0 bridgehead atoms. The van der Waals surface area contributed by atoms with Crippen molar-refractivity contribution in [1.82, 2.24) is 9.78 Å². The molecule has 0 saturated heterocycles. The van der Waals surface area contributed by atoms with E-state index >= 15 is 0 Å². The highest BCUT2D eigenvalue weighted by Crippen LogP contribution is 2.40. The van der Waals surface area contributed by atoms with Crippen LogP contribution in [0.15, 0.2) is 79.1 Å². The van der Waals surface area contributed by atoms with E-state index in [4.69, 9.17) is 0 Å². The number of rotatable bonds is 6. The van der Waals surface area contributed by atoms with Crippen LogP contribution in [0.2, 0.25) is 0 Å². The summed E-state index contributed by atoms with van der Waals surface area (Å²) in [5.74, 6) is -1.62. The van der Waals surface area contributed by atoms with Crippen LogP contribution in [0.5, 0.6) is 5.88 Å². The van der Waals surface area contributed by atoms with Gasteiger partial charge in [-0.25, -0.2) is 9.58 Å². The zero-order valence-corrected chi connectivity index (χ0v) is 21.3. The minimum absolute atomic E-state index is 0.0655. The quantitative estimate of drug-likeness (QED) is 0.299. The van der Waals surface area contributed by atoms with Crippen molar-refractivity contribution in [2.24, 2.45) is 0 Å². The van der Waals surface area contributed by atoms with Gasteiger partial charge in [-0.2, -0.15) is 9.67 Å². The monoisotopic (exact) mass is 492 g/mol. The molecule has 3 heterocycles. The molecule has 4 aromatic rings. The molecule has 0 unspecified atom stereocenters. The Morgan fingerprint density at radius 1 is 0.892 bits per heavy atom. The number of carbonyl (C=O) groups excluding carboxylic acids is 2. The molecule has 7 heteroatoms. The van der Waals surface area contributed by atoms with Gasteiger partial charge in [0.05, 0.1) is 17.1 Å². The maximum absolute atomic E-state index is 14.0. The lowest BCUT2D eigenvalue weighted by Gasteiger charge is -2.16. The van der Waals surface area contributed by atoms with E-state index < -0.39 is 17.7 Å². The summed E-state index contributed by atoms with van der Waals surface area (Å²) in [6.07, 6.45) is 4.36. The summed E-state index contributed by atoms with van der Waals surface area (Å²) < 4.78 is 2.94. The van der Waals surface area contributed by atoms with Crippen LogP contribution >= 0.6 is 0 Å². The molecule has 0 N–H and O–H groups in total. The number of hydrogen-bond donors (Lipinski definition) is 0. The van der Waals surface area contributed by atoms with Crippen molar-refractivity contribution in [3.63, 3.8) is 0 Å². The van der Waals surface area contributed by atoms with Gasteiger partial charge in [0.15, 0.2) is 12.4 Å². The molecule has 0 spiro atoms. The Labute approximate surface area is 215 Å². The summed E-state index contributed by atoms with van der Waals surface area (Å²) >= 11 is 0. The summed E-state index contributed by atoms with van der Waals surface area (Å²) in [4.78, 5) is 29.1. The van der Waals surface area contributed by atoms with E-state index in [1.54, 1.807) is 41.2 Å². The zero-order chi connectivity index (χ0) is 26.3. The van der Waals surface area contributed by atoms with Gasteiger partial charge in [-0.05, 0) is 55.0 Å². The molecule has 0 aliphatic carbocycles. The van der Waals surface area contributed by atoms with E-state index in [2.05, 4.69) is 5.10 Å². The fourth-order valence-electron chi connectivity index (χ4n) is 4.56. The number of anilines is 1. The first-order valence-electron chi connectivity index (χ1n) is 12.4. The SMILES string of the molecule is CCc1cc[n+](C2=C(c3c(C(C)C)nn(-c4ccccc4)c3[O-])C(=O)N(c3ccc(C)cc3)C2=O)cc1. The third-order valence-electron chi connectivity index (χ3n) is 6.58. The molecule has 186 valence electrons. The predicted molar refractivity (Wildman–Crippen MR) is 140 cm³/mol. The van der Waals surface area contributed by atoms with E-state index in [9.17, 15) is 14.7 Å². The Balaban J connectivity index is 1.78. The molecule has 0 atom stereocenters.